The summed E-state index contributed by atoms with van der Waals surface area (Å²) >= 11 is 0. The van der Waals surface area contributed by atoms with Crippen LogP contribution >= 0.6 is 0 Å². The number of rotatable bonds is 3. The minimum atomic E-state index is -0.272. The van der Waals surface area contributed by atoms with Gasteiger partial charge in [-0.15, -0.1) is 0 Å². The second-order valence-electron chi connectivity index (χ2n) is 3.34. The van der Waals surface area contributed by atoms with Crippen LogP contribution in [-0.4, -0.2) is 10.2 Å². The van der Waals surface area contributed by atoms with Crippen molar-refractivity contribution >= 4 is 0 Å². The third-order valence-corrected chi connectivity index (χ3v) is 2.22. The zero-order chi connectivity index (χ0) is 11.4. The van der Waals surface area contributed by atoms with Gasteiger partial charge in [0.15, 0.2) is 5.75 Å². The average Bonchev–Trinajstić information content (AvgIpc) is 2.30. The van der Waals surface area contributed by atoms with Crippen LogP contribution < -0.4 is 10.3 Å². The van der Waals surface area contributed by atoms with Gasteiger partial charge in [0.2, 0.25) is 0 Å². The Bertz CT molecular complexity index is 534. The SMILES string of the molecule is CCc1ccccc1Oc1cn[nH]c(=O)c1. The smallest absolute Gasteiger partial charge is 0.267 e. The summed E-state index contributed by atoms with van der Waals surface area (Å²) in [5, 5.41) is 5.97. The molecule has 2 aromatic rings. The fraction of sp³-hybridized carbons (Fsp3) is 0.167. The fourth-order valence-corrected chi connectivity index (χ4v) is 1.44. The number of aromatic nitrogens is 2. The molecule has 0 saturated carbocycles. The summed E-state index contributed by atoms with van der Waals surface area (Å²) in [7, 11) is 0. The zero-order valence-electron chi connectivity index (χ0n) is 8.93. The molecule has 0 saturated heterocycles. The van der Waals surface area contributed by atoms with Gasteiger partial charge < -0.3 is 4.74 Å². The zero-order valence-corrected chi connectivity index (χ0v) is 8.93. The van der Waals surface area contributed by atoms with E-state index >= 15 is 0 Å². The number of benzene rings is 1. The molecular formula is C12H12N2O2. The normalized spacial score (nSPS) is 10.1. The lowest BCUT2D eigenvalue weighted by Gasteiger charge is -2.08. The number of nitrogens with one attached hydrogen (secondary N) is 1. The second kappa shape index (κ2) is 4.61. The van der Waals surface area contributed by atoms with Gasteiger partial charge in [-0.2, -0.15) is 5.10 Å². The van der Waals surface area contributed by atoms with Crippen molar-refractivity contribution in [2.75, 3.05) is 0 Å². The molecule has 1 aromatic heterocycles. The Hall–Kier alpha value is -2.10. The highest BCUT2D eigenvalue weighted by molar-refractivity contribution is 5.36. The van der Waals surface area contributed by atoms with Crippen LogP contribution in [0.1, 0.15) is 12.5 Å². The van der Waals surface area contributed by atoms with Crippen LogP contribution in [0.3, 0.4) is 0 Å². The summed E-state index contributed by atoms with van der Waals surface area (Å²) in [6.07, 6.45) is 2.36. The molecule has 2 rings (SSSR count). The monoisotopic (exact) mass is 216 g/mol. The maximum Gasteiger partial charge on any atom is 0.267 e. The van der Waals surface area contributed by atoms with Crippen molar-refractivity contribution in [1.29, 1.82) is 0 Å². The molecule has 0 aliphatic carbocycles. The molecule has 0 spiro atoms. The third-order valence-electron chi connectivity index (χ3n) is 2.22. The highest BCUT2D eigenvalue weighted by atomic mass is 16.5. The van der Waals surface area contributed by atoms with E-state index in [0.717, 1.165) is 17.7 Å². The summed E-state index contributed by atoms with van der Waals surface area (Å²) in [5.41, 5.74) is 0.828. The first kappa shape index (κ1) is 10.4. The molecule has 0 fully saturated rings. The number of hydrogen-bond acceptors (Lipinski definition) is 3. The van der Waals surface area contributed by atoms with E-state index in [4.69, 9.17) is 4.74 Å². The quantitative estimate of drug-likeness (QED) is 0.855. The lowest BCUT2D eigenvalue weighted by molar-refractivity contribution is 0.472. The molecule has 1 N–H and O–H groups in total. The molecule has 16 heavy (non-hydrogen) atoms. The first-order chi connectivity index (χ1) is 7.79. The Labute approximate surface area is 92.9 Å². The summed E-state index contributed by atoms with van der Waals surface area (Å²) in [5.74, 6) is 1.21. The Morgan fingerprint density at radius 1 is 1.38 bits per heavy atom. The van der Waals surface area contributed by atoms with Gasteiger partial charge in [-0.3, -0.25) is 4.79 Å². The first-order valence-corrected chi connectivity index (χ1v) is 5.10. The van der Waals surface area contributed by atoms with Crippen molar-refractivity contribution in [2.24, 2.45) is 0 Å². The highest BCUT2D eigenvalue weighted by Gasteiger charge is 2.02. The van der Waals surface area contributed by atoms with E-state index in [2.05, 4.69) is 17.1 Å². The Morgan fingerprint density at radius 3 is 2.94 bits per heavy atom. The molecule has 0 unspecified atom stereocenters. The second-order valence-corrected chi connectivity index (χ2v) is 3.34. The van der Waals surface area contributed by atoms with Crippen molar-refractivity contribution in [3.8, 4) is 11.5 Å². The predicted octanol–water partition coefficient (Wildman–Crippen LogP) is 2.12. The number of aryl methyl sites for hydroxylation is 1. The molecule has 0 amide bonds. The summed E-state index contributed by atoms with van der Waals surface area (Å²) in [4.78, 5) is 11.0. The molecule has 0 aliphatic rings. The van der Waals surface area contributed by atoms with E-state index in [9.17, 15) is 4.79 Å². The van der Waals surface area contributed by atoms with Gasteiger partial charge in [0, 0.05) is 6.07 Å². The van der Waals surface area contributed by atoms with Gasteiger partial charge in [0.25, 0.3) is 5.56 Å². The van der Waals surface area contributed by atoms with Crippen LogP contribution in [0.4, 0.5) is 0 Å². The molecule has 0 atom stereocenters. The van der Waals surface area contributed by atoms with E-state index in [1.54, 1.807) is 0 Å². The largest absolute Gasteiger partial charge is 0.455 e. The molecule has 1 heterocycles. The number of aromatic amines is 1. The van der Waals surface area contributed by atoms with Crippen molar-refractivity contribution in [3.63, 3.8) is 0 Å². The lowest BCUT2D eigenvalue weighted by atomic mass is 10.1. The molecular weight excluding hydrogens is 204 g/mol. The number of H-pyrrole nitrogens is 1. The fourth-order valence-electron chi connectivity index (χ4n) is 1.44. The Morgan fingerprint density at radius 2 is 2.19 bits per heavy atom. The van der Waals surface area contributed by atoms with Crippen molar-refractivity contribution in [2.45, 2.75) is 13.3 Å². The topological polar surface area (TPSA) is 55.0 Å². The van der Waals surface area contributed by atoms with Crippen LogP contribution in [0.5, 0.6) is 11.5 Å². The summed E-state index contributed by atoms with van der Waals surface area (Å²) in [6, 6.07) is 9.10. The predicted molar refractivity (Wildman–Crippen MR) is 60.8 cm³/mol. The van der Waals surface area contributed by atoms with Crippen molar-refractivity contribution in [1.82, 2.24) is 10.2 Å². The Kier molecular flexibility index (Phi) is 3.00. The molecule has 1 aromatic carbocycles. The van der Waals surface area contributed by atoms with Crippen LogP contribution in [0.15, 0.2) is 41.3 Å². The van der Waals surface area contributed by atoms with Crippen LogP contribution in [0.25, 0.3) is 0 Å². The van der Waals surface area contributed by atoms with E-state index in [-0.39, 0.29) is 5.56 Å². The molecule has 0 radical (unpaired) electrons. The highest BCUT2D eigenvalue weighted by Crippen LogP contribution is 2.23. The van der Waals surface area contributed by atoms with Gasteiger partial charge in [-0.05, 0) is 18.1 Å². The van der Waals surface area contributed by atoms with Gasteiger partial charge in [0.1, 0.15) is 5.75 Å². The average molecular weight is 216 g/mol. The van der Waals surface area contributed by atoms with E-state index < -0.39 is 0 Å². The number of para-hydroxylation sites is 1. The number of nitrogens with zero attached hydrogens (tertiary/aromatic N) is 1. The van der Waals surface area contributed by atoms with Crippen molar-refractivity contribution in [3.05, 3.63) is 52.4 Å². The molecule has 4 nitrogen and oxygen atoms in total. The lowest BCUT2D eigenvalue weighted by Crippen LogP contribution is -2.05. The molecule has 0 aliphatic heterocycles. The molecule has 82 valence electrons. The molecule has 4 heteroatoms. The summed E-state index contributed by atoms with van der Waals surface area (Å²) in [6.45, 7) is 2.05. The van der Waals surface area contributed by atoms with Gasteiger partial charge in [0.05, 0.1) is 6.20 Å². The minimum absolute atomic E-state index is 0.272. The van der Waals surface area contributed by atoms with E-state index in [1.807, 2.05) is 24.3 Å². The first-order valence-electron chi connectivity index (χ1n) is 5.10. The van der Waals surface area contributed by atoms with E-state index in [0.29, 0.717) is 5.75 Å². The molecule has 0 bridgehead atoms. The van der Waals surface area contributed by atoms with Crippen LogP contribution in [0, 0.1) is 0 Å². The minimum Gasteiger partial charge on any atom is -0.455 e. The number of ether oxygens (including phenoxy) is 1. The van der Waals surface area contributed by atoms with Crippen LogP contribution in [-0.2, 0) is 6.42 Å². The summed E-state index contributed by atoms with van der Waals surface area (Å²) < 4.78 is 5.60. The van der Waals surface area contributed by atoms with Gasteiger partial charge in [-0.1, -0.05) is 25.1 Å². The maximum atomic E-state index is 11.0. The van der Waals surface area contributed by atoms with Crippen LogP contribution in [0.2, 0.25) is 0 Å². The number of hydrogen-bond donors (Lipinski definition) is 1. The van der Waals surface area contributed by atoms with Gasteiger partial charge >= 0.3 is 0 Å². The van der Waals surface area contributed by atoms with E-state index in [1.165, 1.54) is 12.3 Å². The Balaban J connectivity index is 2.30. The third kappa shape index (κ3) is 2.28. The standard InChI is InChI=1S/C12H12N2O2/c1-2-9-5-3-4-6-11(9)16-10-7-12(15)14-13-8-10/h3-8H,2H2,1H3,(H,14,15). The van der Waals surface area contributed by atoms with Crippen molar-refractivity contribution < 1.29 is 4.74 Å². The van der Waals surface area contributed by atoms with Gasteiger partial charge in [-0.25, -0.2) is 5.10 Å². The maximum absolute atomic E-state index is 11.0.